The Kier molecular flexibility index (Phi) is 10.5. The van der Waals surface area contributed by atoms with E-state index in [2.05, 4.69) is 0 Å². The third kappa shape index (κ3) is 474. The molecule has 7 heavy (non-hydrogen) atoms. The second-order valence-corrected chi connectivity index (χ2v) is 1.34. The molecule has 0 aromatic carbocycles. The topological polar surface area (TPSA) is 74.6 Å². The predicted molar refractivity (Wildman–Crippen MR) is 21.0 cm³/mol. The average molecular weight is 117 g/mol. The SMILES string of the molecule is O=S(=O)(O)O.[B].[H-].[Li+]. The summed E-state index contributed by atoms with van der Waals surface area (Å²) < 4.78 is 31.6. The second-order valence-electron chi connectivity index (χ2n) is 0.448. The van der Waals surface area contributed by atoms with Crippen molar-refractivity contribution in [3.8, 4) is 0 Å². The van der Waals surface area contributed by atoms with E-state index in [-0.39, 0.29) is 28.7 Å². The fourth-order valence-corrected chi connectivity index (χ4v) is 0. The van der Waals surface area contributed by atoms with Crippen LogP contribution in [0.15, 0.2) is 0 Å². The first kappa shape index (κ1) is 15.6. The van der Waals surface area contributed by atoms with Gasteiger partial charge in [-0.15, -0.1) is 0 Å². The first-order chi connectivity index (χ1) is 2.00. The van der Waals surface area contributed by atoms with E-state index in [1.54, 1.807) is 0 Å². The van der Waals surface area contributed by atoms with Gasteiger partial charge in [0.2, 0.25) is 0 Å². The third-order valence-corrected chi connectivity index (χ3v) is 0. The van der Waals surface area contributed by atoms with Gasteiger partial charge in [-0.1, -0.05) is 0 Å². The Balaban J connectivity index is -0.0000000267. The molecule has 0 rings (SSSR count). The fourth-order valence-electron chi connectivity index (χ4n) is 0. The summed E-state index contributed by atoms with van der Waals surface area (Å²) in [6.45, 7) is 0. The van der Waals surface area contributed by atoms with Gasteiger partial charge in [0.05, 0.1) is 0 Å². The summed E-state index contributed by atoms with van der Waals surface area (Å²) in [4.78, 5) is 0. The van der Waals surface area contributed by atoms with Crippen molar-refractivity contribution in [2.24, 2.45) is 0 Å². The zero-order chi connectivity index (χ0) is 4.50. The Morgan fingerprint density at radius 3 is 1.29 bits per heavy atom. The molecule has 3 radical (unpaired) electrons. The molecule has 0 aliphatic carbocycles. The maximum atomic E-state index is 8.74. The van der Waals surface area contributed by atoms with E-state index < -0.39 is 10.4 Å². The summed E-state index contributed by atoms with van der Waals surface area (Å²) in [6.07, 6.45) is 0. The largest absolute Gasteiger partial charge is 1.00 e. The summed E-state index contributed by atoms with van der Waals surface area (Å²) in [7, 11) is -4.67. The summed E-state index contributed by atoms with van der Waals surface area (Å²) in [5.41, 5.74) is 0. The van der Waals surface area contributed by atoms with Gasteiger partial charge in [0.1, 0.15) is 0 Å². The van der Waals surface area contributed by atoms with Crippen LogP contribution in [-0.4, -0.2) is 25.9 Å². The van der Waals surface area contributed by atoms with Crippen LogP contribution in [0.5, 0.6) is 0 Å². The molecule has 0 aromatic rings. The Morgan fingerprint density at radius 1 is 1.29 bits per heavy atom. The molecule has 0 saturated carbocycles. The van der Waals surface area contributed by atoms with Crippen LogP contribution < -0.4 is 18.9 Å². The van der Waals surface area contributed by atoms with Crippen molar-refractivity contribution in [1.82, 2.24) is 0 Å². The molecule has 0 spiro atoms. The Morgan fingerprint density at radius 2 is 1.29 bits per heavy atom. The van der Waals surface area contributed by atoms with Crippen molar-refractivity contribution < 1.29 is 37.8 Å². The number of hydrogen-bond donors (Lipinski definition) is 2. The first-order valence-corrected chi connectivity index (χ1v) is 2.10. The number of hydrogen-bond acceptors (Lipinski definition) is 2. The average Bonchev–Trinajstić information content (AvgIpc) is 0.722. The van der Waals surface area contributed by atoms with Crippen molar-refractivity contribution in [2.75, 3.05) is 0 Å². The van der Waals surface area contributed by atoms with Gasteiger partial charge in [-0.25, -0.2) is 0 Å². The van der Waals surface area contributed by atoms with E-state index in [1.807, 2.05) is 0 Å². The van der Waals surface area contributed by atoms with E-state index in [0.717, 1.165) is 0 Å². The zero-order valence-corrected chi connectivity index (χ0v) is 4.51. The Hall–Kier alpha value is 0.532. The van der Waals surface area contributed by atoms with Crippen LogP contribution in [0.4, 0.5) is 0 Å². The van der Waals surface area contributed by atoms with Crippen LogP contribution in [0.25, 0.3) is 0 Å². The van der Waals surface area contributed by atoms with Crippen LogP contribution in [0.1, 0.15) is 1.43 Å². The van der Waals surface area contributed by atoms with Gasteiger partial charge in [0.15, 0.2) is 0 Å². The normalized spacial score (nSPS) is 8.29. The summed E-state index contributed by atoms with van der Waals surface area (Å²) >= 11 is 0. The van der Waals surface area contributed by atoms with Crippen LogP contribution in [0, 0.1) is 0 Å². The Labute approximate surface area is 57.1 Å². The molecule has 7 heteroatoms. The maximum absolute atomic E-state index is 8.74. The molecule has 0 aromatic heterocycles. The summed E-state index contributed by atoms with van der Waals surface area (Å²) in [6, 6.07) is 0. The van der Waals surface area contributed by atoms with E-state index in [0.29, 0.717) is 0 Å². The molecule has 2 N–H and O–H groups in total. The van der Waals surface area contributed by atoms with Crippen molar-refractivity contribution in [3.05, 3.63) is 0 Å². The van der Waals surface area contributed by atoms with E-state index in [9.17, 15) is 0 Å². The molecule has 0 aliphatic heterocycles. The molecular weight excluding hydrogens is 114 g/mol. The quantitative estimate of drug-likeness (QED) is 0.251. The van der Waals surface area contributed by atoms with Crippen LogP contribution in [0.3, 0.4) is 0 Å². The first-order valence-electron chi connectivity index (χ1n) is 0.698. The molecule has 37 valence electrons. The zero-order valence-electron chi connectivity index (χ0n) is 4.70. The summed E-state index contributed by atoms with van der Waals surface area (Å²) in [5.74, 6) is 0. The molecule has 0 heterocycles. The van der Waals surface area contributed by atoms with E-state index in [1.165, 1.54) is 0 Å². The maximum Gasteiger partial charge on any atom is 1.00 e. The van der Waals surface area contributed by atoms with Crippen LogP contribution in [0.2, 0.25) is 0 Å². The molecule has 0 fully saturated rings. The van der Waals surface area contributed by atoms with Gasteiger partial charge in [-0.05, 0) is 0 Å². The summed E-state index contributed by atoms with van der Waals surface area (Å²) in [5, 5.41) is 0. The molecule has 0 unspecified atom stereocenters. The third-order valence-electron chi connectivity index (χ3n) is 0. The van der Waals surface area contributed by atoms with Crippen molar-refractivity contribution in [3.63, 3.8) is 0 Å². The molecule has 0 aliphatic rings. The molecule has 0 saturated heterocycles. The standard InChI is InChI=1S/B.Li.H2O4S.H/c;;1-5(2,3)4;/h;;(H2,1,2,3,4);/q;+1;;-1. The van der Waals surface area contributed by atoms with Gasteiger partial charge >= 0.3 is 29.3 Å². The molecular formula is H3BLiO4S. The smallest absolute Gasteiger partial charge is 1.00 e. The molecule has 0 bridgehead atoms. The molecule has 0 atom stereocenters. The number of rotatable bonds is 0. The van der Waals surface area contributed by atoms with E-state index in [4.69, 9.17) is 17.5 Å². The Bertz CT molecular complexity index is 99.2. The van der Waals surface area contributed by atoms with Gasteiger partial charge in [0, 0.05) is 8.41 Å². The molecule has 0 amide bonds. The van der Waals surface area contributed by atoms with Gasteiger partial charge < -0.3 is 1.43 Å². The minimum absolute atomic E-state index is 0. The minimum Gasteiger partial charge on any atom is -1.00 e. The molecule has 4 nitrogen and oxygen atoms in total. The van der Waals surface area contributed by atoms with E-state index >= 15 is 0 Å². The van der Waals surface area contributed by atoms with Crippen molar-refractivity contribution >= 4 is 18.8 Å². The van der Waals surface area contributed by atoms with Gasteiger partial charge in [0.25, 0.3) is 0 Å². The minimum atomic E-state index is -4.67. The predicted octanol–water partition coefficient (Wildman–Crippen LogP) is -3.92. The van der Waals surface area contributed by atoms with Crippen LogP contribution >= 0.6 is 0 Å². The second kappa shape index (κ2) is 4.69. The monoisotopic (exact) mass is 117 g/mol. The van der Waals surface area contributed by atoms with Gasteiger partial charge in [-0.3, -0.25) is 9.11 Å². The van der Waals surface area contributed by atoms with Crippen molar-refractivity contribution in [2.45, 2.75) is 0 Å². The fraction of sp³-hybridized carbons (Fsp3) is 0. The van der Waals surface area contributed by atoms with Gasteiger partial charge in [-0.2, -0.15) is 8.42 Å². The van der Waals surface area contributed by atoms with Crippen LogP contribution in [-0.2, 0) is 10.4 Å². The van der Waals surface area contributed by atoms with Crippen molar-refractivity contribution in [1.29, 1.82) is 0 Å².